The first-order valence-electron chi connectivity index (χ1n) is 7.64. The predicted octanol–water partition coefficient (Wildman–Crippen LogP) is 2.12. The van der Waals surface area contributed by atoms with Crippen LogP contribution >= 0.6 is 0 Å². The highest BCUT2D eigenvalue weighted by atomic mass is 32.2. The third-order valence-corrected chi connectivity index (χ3v) is 7.36. The maximum atomic E-state index is 12.7. The van der Waals surface area contributed by atoms with Crippen LogP contribution in [0.3, 0.4) is 0 Å². The van der Waals surface area contributed by atoms with Crippen molar-refractivity contribution >= 4 is 9.84 Å². The average Bonchev–Trinajstić information content (AvgIpc) is 3.15. The molecule has 0 amide bonds. The summed E-state index contributed by atoms with van der Waals surface area (Å²) in [4.78, 5) is 11.4. The molecule has 0 aromatic heterocycles. The van der Waals surface area contributed by atoms with Crippen LogP contribution in [0.15, 0.2) is 35.2 Å². The van der Waals surface area contributed by atoms with Gasteiger partial charge in [0.25, 0.3) is 0 Å². The Balaban J connectivity index is 1.58. The van der Waals surface area contributed by atoms with Crippen molar-refractivity contribution in [3.8, 4) is 0 Å². The average molecular weight is 324 g/mol. The van der Waals surface area contributed by atoms with Gasteiger partial charge < -0.3 is 4.74 Å². The van der Waals surface area contributed by atoms with Gasteiger partial charge in [-0.2, -0.15) is 0 Å². The van der Waals surface area contributed by atoms with E-state index in [1.807, 2.05) is 13.8 Å². The molecule has 0 unspecified atom stereocenters. The normalized spacial score (nSPS) is 43.5. The summed E-state index contributed by atoms with van der Waals surface area (Å²) in [5, 5.41) is 0. The van der Waals surface area contributed by atoms with E-state index in [0.717, 1.165) is 12.8 Å². The van der Waals surface area contributed by atoms with Gasteiger partial charge in [0.2, 0.25) is 0 Å². The Bertz CT molecular complexity index is 688. The fraction of sp³-hybridized carbons (Fsp3) is 0.625. The topological polar surface area (TPSA) is 65.1 Å². The van der Waals surface area contributed by atoms with E-state index in [2.05, 4.69) is 0 Å². The van der Waals surface area contributed by atoms with Gasteiger partial charge in [0, 0.05) is 0 Å². The van der Waals surface area contributed by atoms with Gasteiger partial charge in [-0.05, 0) is 44.7 Å². The van der Waals surface area contributed by atoms with Crippen LogP contribution in [0.4, 0.5) is 0 Å². The maximum absolute atomic E-state index is 12.7. The van der Waals surface area contributed by atoms with Crippen molar-refractivity contribution in [1.82, 2.24) is 0 Å². The summed E-state index contributed by atoms with van der Waals surface area (Å²) in [6, 6.07) is 8.50. The minimum absolute atomic E-state index is 0.0785. The molecule has 1 saturated carbocycles. The van der Waals surface area contributed by atoms with Crippen molar-refractivity contribution in [2.24, 2.45) is 5.92 Å². The molecule has 2 aliphatic heterocycles. The van der Waals surface area contributed by atoms with Gasteiger partial charge in [-0.1, -0.05) is 18.2 Å². The quantitative estimate of drug-likeness (QED) is 0.629. The molecule has 2 bridgehead atoms. The van der Waals surface area contributed by atoms with Gasteiger partial charge in [-0.3, -0.25) is 0 Å². The lowest BCUT2D eigenvalue weighted by Gasteiger charge is -2.45. The third kappa shape index (κ3) is 2.12. The Hall–Kier alpha value is -0.950. The molecule has 0 N–H and O–H groups in total. The van der Waals surface area contributed by atoms with Gasteiger partial charge in [0.1, 0.15) is 17.3 Å². The second kappa shape index (κ2) is 4.54. The molecule has 0 radical (unpaired) electrons. The number of ether oxygens (including phenoxy) is 1. The van der Waals surface area contributed by atoms with Crippen molar-refractivity contribution in [2.75, 3.05) is 5.75 Å². The highest BCUT2D eigenvalue weighted by Crippen LogP contribution is 2.56. The van der Waals surface area contributed by atoms with Crippen molar-refractivity contribution in [3.63, 3.8) is 0 Å². The molecule has 2 saturated heterocycles. The number of hydrogen-bond acceptors (Lipinski definition) is 5. The molecule has 2 heterocycles. The van der Waals surface area contributed by atoms with E-state index in [1.54, 1.807) is 30.3 Å². The molecular formula is C16H20O5S. The zero-order chi connectivity index (χ0) is 15.6. The Morgan fingerprint density at radius 1 is 1.14 bits per heavy atom. The Morgan fingerprint density at radius 2 is 1.82 bits per heavy atom. The Labute approximate surface area is 130 Å². The fourth-order valence-corrected chi connectivity index (χ4v) is 5.56. The van der Waals surface area contributed by atoms with E-state index >= 15 is 0 Å². The van der Waals surface area contributed by atoms with Crippen LogP contribution in [-0.4, -0.2) is 37.6 Å². The molecule has 1 aromatic rings. The lowest BCUT2D eigenvalue weighted by molar-refractivity contribution is -0.424. The lowest BCUT2D eigenvalue weighted by atomic mass is 9.73. The first kappa shape index (κ1) is 14.6. The van der Waals surface area contributed by atoms with Crippen LogP contribution in [-0.2, 0) is 24.3 Å². The van der Waals surface area contributed by atoms with E-state index < -0.39 is 15.4 Å². The summed E-state index contributed by atoms with van der Waals surface area (Å²) in [5.74, 6) is 0.0514. The van der Waals surface area contributed by atoms with Gasteiger partial charge in [-0.15, -0.1) is 0 Å². The second-order valence-electron chi connectivity index (χ2n) is 7.01. The maximum Gasteiger partial charge on any atom is 0.181 e. The monoisotopic (exact) mass is 324 g/mol. The molecule has 1 aromatic carbocycles. The molecule has 1 aliphatic carbocycles. The fourth-order valence-electron chi connectivity index (χ4n) is 3.78. The Kier molecular flexibility index (Phi) is 3.02. The van der Waals surface area contributed by atoms with Crippen molar-refractivity contribution in [2.45, 2.75) is 55.0 Å². The van der Waals surface area contributed by atoms with Crippen LogP contribution in [0, 0.1) is 5.92 Å². The smallest absolute Gasteiger partial charge is 0.181 e. The minimum atomic E-state index is -3.42. The Morgan fingerprint density at radius 3 is 2.55 bits per heavy atom. The summed E-state index contributed by atoms with van der Waals surface area (Å²) < 4.78 is 31.0. The van der Waals surface area contributed by atoms with E-state index in [9.17, 15) is 8.42 Å². The largest absolute Gasteiger partial charge is 0.363 e. The van der Waals surface area contributed by atoms with Gasteiger partial charge in [-0.25, -0.2) is 18.2 Å². The first-order valence-corrected chi connectivity index (χ1v) is 9.29. The molecule has 5 atom stereocenters. The zero-order valence-corrected chi connectivity index (χ0v) is 13.5. The molecular weight excluding hydrogens is 304 g/mol. The lowest BCUT2D eigenvalue weighted by Crippen LogP contribution is -2.56. The van der Waals surface area contributed by atoms with Crippen LogP contribution < -0.4 is 0 Å². The number of fused-ring (bicyclic) bond motifs is 4. The number of epoxide rings is 1. The number of sulfone groups is 1. The highest BCUT2D eigenvalue weighted by Gasteiger charge is 2.67. The summed E-state index contributed by atoms with van der Waals surface area (Å²) in [5.41, 5.74) is -1.07. The van der Waals surface area contributed by atoms with Crippen molar-refractivity contribution < 1.29 is 22.9 Å². The van der Waals surface area contributed by atoms with Gasteiger partial charge in [0.15, 0.2) is 9.84 Å². The summed E-state index contributed by atoms with van der Waals surface area (Å²) >= 11 is 0. The van der Waals surface area contributed by atoms with Crippen molar-refractivity contribution in [3.05, 3.63) is 30.3 Å². The highest BCUT2D eigenvalue weighted by molar-refractivity contribution is 7.91. The number of hydrogen-bond donors (Lipinski definition) is 0. The van der Waals surface area contributed by atoms with Crippen LogP contribution in [0.25, 0.3) is 0 Å². The van der Waals surface area contributed by atoms with E-state index in [-0.39, 0.29) is 29.5 Å². The van der Waals surface area contributed by atoms with E-state index in [4.69, 9.17) is 14.5 Å². The van der Waals surface area contributed by atoms with Crippen LogP contribution in [0.1, 0.15) is 26.7 Å². The summed E-state index contributed by atoms with van der Waals surface area (Å²) in [6.45, 7) is 3.87. The number of benzene rings is 1. The third-order valence-electron chi connectivity index (χ3n) is 5.41. The standard InChI is InChI=1S/C16H20O5S/c1-15(10-22(17,18)12-6-4-3-5-7-12)11-8-13-16(2,19-13)14(9-11)20-21-15/h3-7,11,13-14H,8-10H2,1-2H3/t11-,13-,14-,15+,16-/m1/s1. The first-order chi connectivity index (χ1) is 10.3. The second-order valence-corrected chi connectivity index (χ2v) is 9.00. The molecule has 3 fully saturated rings. The SMILES string of the molecule is C[C@@]12O[C@@H]1C[C@@H]1C[C@H]2OO[C@@]1(C)CS(=O)(=O)c1ccccc1. The van der Waals surface area contributed by atoms with E-state index in [1.165, 1.54) is 0 Å². The molecule has 5 nitrogen and oxygen atoms in total. The van der Waals surface area contributed by atoms with Gasteiger partial charge in [0.05, 0.1) is 16.8 Å². The van der Waals surface area contributed by atoms with Crippen molar-refractivity contribution in [1.29, 1.82) is 0 Å². The zero-order valence-electron chi connectivity index (χ0n) is 12.7. The number of rotatable bonds is 3. The molecule has 0 spiro atoms. The van der Waals surface area contributed by atoms with Crippen LogP contribution in [0.2, 0.25) is 0 Å². The molecule has 120 valence electrons. The van der Waals surface area contributed by atoms with E-state index in [0.29, 0.717) is 4.90 Å². The minimum Gasteiger partial charge on any atom is -0.363 e. The molecule has 22 heavy (non-hydrogen) atoms. The molecule has 6 heteroatoms. The van der Waals surface area contributed by atoms with Crippen LogP contribution in [0.5, 0.6) is 0 Å². The summed E-state index contributed by atoms with van der Waals surface area (Å²) in [7, 11) is -3.42. The molecule has 4 rings (SSSR count). The summed E-state index contributed by atoms with van der Waals surface area (Å²) in [6.07, 6.45) is 1.69. The molecule has 3 aliphatic rings. The van der Waals surface area contributed by atoms with Gasteiger partial charge >= 0.3 is 0 Å². The predicted molar refractivity (Wildman–Crippen MR) is 78.9 cm³/mol.